The third kappa shape index (κ3) is 4.49. The van der Waals surface area contributed by atoms with Crippen LogP contribution in [0, 0.1) is 6.92 Å². The molecule has 2 N–H and O–H groups in total. The van der Waals surface area contributed by atoms with Gasteiger partial charge in [0.2, 0.25) is 5.91 Å². The molecule has 29 heavy (non-hydrogen) atoms. The lowest BCUT2D eigenvalue weighted by Crippen LogP contribution is -2.56. The standard InChI is InChI=1S/C23H25N3O3/c1-16-11-23(28)29-21-13-18(7-8-20(16)21)26-10-9-24-14-19(26)15-25-22(27)12-17-5-3-2-4-6-17/h2-8,11,13,19,24H,9-10,12,14-15H2,1H3,(H,25,27). The van der Waals surface area contributed by atoms with Crippen molar-refractivity contribution >= 4 is 22.6 Å². The van der Waals surface area contributed by atoms with E-state index < -0.39 is 0 Å². The van der Waals surface area contributed by atoms with Gasteiger partial charge in [0.15, 0.2) is 0 Å². The van der Waals surface area contributed by atoms with E-state index in [1.165, 1.54) is 6.07 Å². The van der Waals surface area contributed by atoms with E-state index in [1.807, 2.05) is 49.4 Å². The lowest BCUT2D eigenvalue weighted by Gasteiger charge is -2.38. The van der Waals surface area contributed by atoms with Crippen molar-refractivity contribution in [2.75, 3.05) is 31.1 Å². The molecule has 1 atom stereocenters. The van der Waals surface area contributed by atoms with Crippen molar-refractivity contribution in [2.45, 2.75) is 19.4 Å². The average Bonchev–Trinajstić information content (AvgIpc) is 2.72. The predicted molar refractivity (Wildman–Crippen MR) is 114 cm³/mol. The molecule has 0 saturated carbocycles. The van der Waals surface area contributed by atoms with Crippen molar-refractivity contribution in [2.24, 2.45) is 0 Å². The van der Waals surface area contributed by atoms with Crippen LogP contribution in [0.3, 0.4) is 0 Å². The van der Waals surface area contributed by atoms with Crippen LogP contribution >= 0.6 is 0 Å². The predicted octanol–water partition coefficient (Wildman–Crippen LogP) is 2.24. The van der Waals surface area contributed by atoms with Crippen molar-refractivity contribution in [3.05, 3.63) is 76.1 Å². The van der Waals surface area contributed by atoms with Crippen LogP contribution in [0.15, 0.2) is 63.8 Å². The van der Waals surface area contributed by atoms with E-state index in [4.69, 9.17) is 4.42 Å². The number of anilines is 1. The molecule has 1 aliphatic heterocycles. The molecule has 1 saturated heterocycles. The first-order chi connectivity index (χ1) is 14.1. The first kappa shape index (κ1) is 19.2. The fourth-order valence-electron chi connectivity index (χ4n) is 3.85. The van der Waals surface area contributed by atoms with Crippen LogP contribution in [-0.4, -0.2) is 38.1 Å². The lowest BCUT2D eigenvalue weighted by atomic mass is 10.1. The first-order valence-electron chi connectivity index (χ1n) is 9.92. The maximum Gasteiger partial charge on any atom is 0.336 e. The number of amides is 1. The van der Waals surface area contributed by atoms with Crippen LogP contribution in [0.2, 0.25) is 0 Å². The van der Waals surface area contributed by atoms with Crippen LogP contribution in [0.4, 0.5) is 5.69 Å². The highest BCUT2D eigenvalue weighted by atomic mass is 16.4. The topological polar surface area (TPSA) is 74.6 Å². The van der Waals surface area contributed by atoms with Gasteiger partial charge in [-0.2, -0.15) is 0 Å². The number of nitrogens with one attached hydrogen (secondary N) is 2. The van der Waals surface area contributed by atoms with Gasteiger partial charge in [0.25, 0.3) is 0 Å². The zero-order chi connectivity index (χ0) is 20.2. The average molecular weight is 391 g/mol. The molecule has 0 aliphatic carbocycles. The van der Waals surface area contributed by atoms with Gasteiger partial charge in [-0.3, -0.25) is 4.79 Å². The Morgan fingerprint density at radius 1 is 1.21 bits per heavy atom. The Morgan fingerprint density at radius 3 is 2.86 bits per heavy atom. The van der Waals surface area contributed by atoms with E-state index in [1.54, 1.807) is 0 Å². The van der Waals surface area contributed by atoms with Gasteiger partial charge in [-0.15, -0.1) is 0 Å². The second-order valence-corrected chi connectivity index (χ2v) is 7.45. The van der Waals surface area contributed by atoms with Gasteiger partial charge in [0.05, 0.1) is 12.5 Å². The van der Waals surface area contributed by atoms with E-state index in [9.17, 15) is 9.59 Å². The Labute approximate surface area is 169 Å². The highest BCUT2D eigenvalue weighted by Crippen LogP contribution is 2.25. The Kier molecular flexibility index (Phi) is 5.62. The second kappa shape index (κ2) is 8.49. The third-order valence-electron chi connectivity index (χ3n) is 5.36. The molecule has 4 rings (SSSR count). The lowest BCUT2D eigenvalue weighted by molar-refractivity contribution is -0.120. The summed E-state index contributed by atoms with van der Waals surface area (Å²) in [6, 6.07) is 17.3. The van der Waals surface area contributed by atoms with E-state index in [-0.39, 0.29) is 17.6 Å². The summed E-state index contributed by atoms with van der Waals surface area (Å²) in [5, 5.41) is 7.40. The van der Waals surface area contributed by atoms with E-state index in [0.717, 1.165) is 41.8 Å². The van der Waals surface area contributed by atoms with Crippen LogP contribution in [0.1, 0.15) is 11.1 Å². The number of carbonyl (C=O) groups excluding carboxylic acids is 1. The minimum atomic E-state index is -0.336. The molecule has 6 nitrogen and oxygen atoms in total. The number of hydrogen-bond acceptors (Lipinski definition) is 5. The van der Waals surface area contributed by atoms with Crippen LogP contribution in [-0.2, 0) is 11.2 Å². The largest absolute Gasteiger partial charge is 0.423 e. The Morgan fingerprint density at radius 2 is 2.03 bits per heavy atom. The maximum atomic E-state index is 12.3. The summed E-state index contributed by atoms with van der Waals surface area (Å²) in [4.78, 5) is 26.4. The number of carbonyl (C=O) groups is 1. The van der Waals surface area contributed by atoms with Crippen LogP contribution in [0.5, 0.6) is 0 Å². The summed E-state index contributed by atoms with van der Waals surface area (Å²) in [6.07, 6.45) is 0.376. The number of benzene rings is 2. The van der Waals surface area contributed by atoms with Gasteiger partial charge in [0.1, 0.15) is 5.58 Å². The highest BCUT2D eigenvalue weighted by Gasteiger charge is 2.23. The van der Waals surface area contributed by atoms with Crippen molar-refractivity contribution < 1.29 is 9.21 Å². The molecule has 0 spiro atoms. The minimum absolute atomic E-state index is 0.0156. The summed E-state index contributed by atoms with van der Waals surface area (Å²) in [7, 11) is 0. The van der Waals surface area contributed by atoms with Gasteiger partial charge in [0, 0.05) is 49.4 Å². The first-order valence-corrected chi connectivity index (χ1v) is 9.92. The number of aryl methyl sites for hydroxylation is 1. The fraction of sp³-hybridized carbons (Fsp3) is 0.304. The van der Waals surface area contributed by atoms with Gasteiger partial charge in [-0.1, -0.05) is 30.3 Å². The molecular formula is C23H25N3O3. The molecule has 2 heterocycles. The third-order valence-corrected chi connectivity index (χ3v) is 5.36. The molecular weight excluding hydrogens is 366 g/mol. The SMILES string of the molecule is Cc1cc(=O)oc2cc(N3CCNCC3CNC(=O)Cc3ccccc3)ccc12. The second-order valence-electron chi connectivity index (χ2n) is 7.45. The molecule has 1 amide bonds. The van der Waals surface area contributed by atoms with Crippen molar-refractivity contribution in [3.63, 3.8) is 0 Å². The number of rotatable bonds is 5. The maximum absolute atomic E-state index is 12.3. The number of nitrogens with zero attached hydrogens (tertiary/aromatic N) is 1. The smallest absolute Gasteiger partial charge is 0.336 e. The molecule has 1 aromatic heterocycles. The van der Waals surface area contributed by atoms with Gasteiger partial charge >= 0.3 is 5.63 Å². The fourth-order valence-corrected chi connectivity index (χ4v) is 3.85. The van der Waals surface area contributed by atoms with E-state index >= 15 is 0 Å². The summed E-state index contributed by atoms with van der Waals surface area (Å²) in [5.41, 5.74) is 3.17. The number of hydrogen-bond donors (Lipinski definition) is 2. The Balaban J connectivity index is 1.48. The van der Waals surface area contributed by atoms with Gasteiger partial charge < -0.3 is 20.0 Å². The number of fused-ring (bicyclic) bond motifs is 1. The molecule has 1 fully saturated rings. The zero-order valence-electron chi connectivity index (χ0n) is 16.5. The Bertz CT molecular complexity index is 1060. The number of piperazine rings is 1. The zero-order valence-corrected chi connectivity index (χ0v) is 16.5. The van der Waals surface area contributed by atoms with Crippen molar-refractivity contribution in [1.29, 1.82) is 0 Å². The summed E-state index contributed by atoms with van der Waals surface area (Å²) < 4.78 is 5.41. The van der Waals surface area contributed by atoms with Crippen molar-refractivity contribution in [3.8, 4) is 0 Å². The molecule has 0 radical (unpaired) electrons. The molecule has 2 aromatic carbocycles. The summed E-state index contributed by atoms with van der Waals surface area (Å²) in [5.74, 6) is 0.0156. The highest BCUT2D eigenvalue weighted by molar-refractivity contribution is 5.83. The van der Waals surface area contributed by atoms with Gasteiger partial charge in [-0.25, -0.2) is 4.79 Å². The summed E-state index contributed by atoms with van der Waals surface area (Å²) in [6.45, 7) is 4.93. The molecule has 150 valence electrons. The quantitative estimate of drug-likeness (QED) is 0.653. The molecule has 6 heteroatoms. The van der Waals surface area contributed by atoms with Crippen LogP contribution in [0.25, 0.3) is 11.0 Å². The molecule has 3 aromatic rings. The monoisotopic (exact) mass is 391 g/mol. The van der Waals surface area contributed by atoms with E-state index in [2.05, 4.69) is 21.6 Å². The minimum Gasteiger partial charge on any atom is -0.423 e. The molecule has 1 aliphatic rings. The van der Waals surface area contributed by atoms with E-state index in [0.29, 0.717) is 18.5 Å². The molecule has 1 unspecified atom stereocenters. The Hall–Kier alpha value is -3.12. The van der Waals surface area contributed by atoms with Crippen molar-refractivity contribution in [1.82, 2.24) is 10.6 Å². The molecule has 0 bridgehead atoms. The normalized spacial score (nSPS) is 16.7. The van der Waals surface area contributed by atoms with Crippen LogP contribution < -0.4 is 21.2 Å². The summed E-state index contributed by atoms with van der Waals surface area (Å²) >= 11 is 0. The van der Waals surface area contributed by atoms with Gasteiger partial charge in [-0.05, 0) is 30.2 Å².